The van der Waals surface area contributed by atoms with Crippen LogP contribution in [0.5, 0.6) is 0 Å². The summed E-state index contributed by atoms with van der Waals surface area (Å²) in [6.07, 6.45) is 1.52. The zero-order chi connectivity index (χ0) is 13.4. The lowest BCUT2D eigenvalue weighted by atomic mass is 10.1. The van der Waals surface area contributed by atoms with Crippen LogP contribution in [0.15, 0.2) is 12.7 Å². The Hall–Kier alpha value is -1.40. The van der Waals surface area contributed by atoms with Crippen molar-refractivity contribution in [3.8, 4) is 0 Å². The van der Waals surface area contributed by atoms with Gasteiger partial charge in [-0.25, -0.2) is 0 Å². The van der Waals surface area contributed by atoms with Gasteiger partial charge in [0.15, 0.2) is 0 Å². The van der Waals surface area contributed by atoms with Crippen molar-refractivity contribution < 1.29 is 19.1 Å². The van der Waals surface area contributed by atoms with E-state index in [1.165, 1.54) is 6.08 Å². The summed E-state index contributed by atoms with van der Waals surface area (Å²) in [6.45, 7) is 5.85. The van der Waals surface area contributed by atoms with Crippen molar-refractivity contribution in [3.05, 3.63) is 12.7 Å². The Labute approximate surface area is 107 Å². The normalized spacial score (nSPS) is 17.1. The maximum absolute atomic E-state index is 12.1. The van der Waals surface area contributed by atoms with Crippen molar-refractivity contribution in [2.75, 3.05) is 40.0 Å². The molecule has 0 aliphatic carbocycles. The molecule has 0 saturated carbocycles. The molecule has 6 nitrogen and oxygen atoms in total. The van der Waals surface area contributed by atoms with Crippen LogP contribution in [-0.4, -0.2) is 62.8 Å². The number of carbonyl (C=O) groups excluding carboxylic acids is 2. The van der Waals surface area contributed by atoms with E-state index in [1.807, 2.05) is 0 Å². The summed E-state index contributed by atoms with van der Waals surface area (Å²) < 4.78 is 10.0. The van der Waals surface area contributed by atoms with Crippen LogP contribution in [0, 0.1) is 0 Å². The summed E-state index contributed by atoms with van der Waals surface area (Å²) in [7, 11) is 1.66. The van der Waals surface area contributed by atoms with E-state index in [2.05, 4.69) is 11.9 Å². The monoisotopic (exact) mass is 256 g/mol. The minimum Gasteiger partial charge on any atom is -0.461 e. The second-order valence-electron chi connectivity index (χ2n) is 3.95. The van der Waals surface area contributed by atoms with Crippen molar-refractivity contribution >= 4 is 11.9 Å². The quantitative estimate of drug-likeness (QED) is 0.515. The first kappa shape index (κ1) is 14.7. The van der Waals surface area contributed by atoms with Gasteiger partial charge in [0.1, 0.15) is 6.61 Å². The van der Waals surface area contributed by atoms with Crippen LogP contribution in [0.25, 0.3) is 0 Å². The van der Waals surface area contributed by atoms with Crippen molar-refractivity contribution in [2.24, 2.45) is 0 Å². The molecule has 1 heterocycles. The van der Waals surface area contributed by atoms with Gasteiger partial charge >= 0.3 is 5.97 Å². The molecule has 1 aliphatic rings. The van der Waals surface area contributed by atoms with E-state index in [4.69, 9.17) is 9.47 Å². The lowest BCUT2D eigenvalue weighted by Gasteiger charge is -2.30. The minimum absolute atomic E-state index is 0.0283. The van der Waals surface area contributed by atoms with Gasteiger partial charge in [-0.2, -0.15) is 0 Å². The van der Waals surface area contributed by atoms with Crippen LogP contribution in [0.1, 0.15) is 6.42 Å². The van der Waals surface area contributed by atoms with Crippen molar-refractivity contribution in [1.82, 2.24) is 10.2 Å². The smallest absolute Gasteiger partial charge is 0.308 e. The van der Waals surface area contributed by atoms with Gasteiger partial charge in [-0.3, -0.25) is 9.59 Å². The SMILES string of the molecule is C=CCOC(=O)CC(NC)C(=O)N1CCOCC1. The number of esters is 1. The summed E-state index contributed by atoms with van der Waals surface area (Å²) in [5.74, 6) is -0.493. The van der Waals surface area contributed by atoms with Gasteiger partial charge in [-0.05, 0) is 7.05 Å². The molecule has 0 aromatic heterocycles. The molecular formula is C12H20N2O4. The Bertz CT molecular complexity index is 300. The molecule has 6 heteroatoms. The molecule has 102 valence electrons. The molecular weight excluding hydrogens is 236 g/mol. The largest absolute Gasteiger partial charge is 0.461 e. The van der Waals surface area contributed by atoms with Gasteiger partial charge < -0.3 is 19.7 Å². The molecule has 1 atom stereocenters. The molecule has 0 aromatic carbocycles. The topological polar surface area (TPSA) is 67.9 Å². The number of rotatable bonds is 6. The molecule has 1 unspecified atom stereocenters. The van der Waals surface area contributed by atoms with Crippen molar-refractivity contribution in [3.63, 3.8) is 0 Å². The van der Waals surface area contributed by atoms with Crippen molar-refractivity contribution in [2.45, 2.75) is 12.5 Å². The fourth-order valence-electron chi connectivity index (χ4n) is 1.69. The van der Waals surface area contributed by atoms with E-state index in [0.29, 0.717) is 26.3 Å². The predicted molar refractivity (Wildman–Crippen MR) is 66.0 cm³/mol. The zero-order valence-electron chi connectivity index (χ0n) is 10.7. The summed E-state index contributed by atoms with van der Waals surface area (Å²) >= 11 is 0. The fourth-order valence-corrected chi connectivity index (χ4v) is 1.69. The molecule has 0 radical (unpaired) electrons. The number of morpholine rings is 1. The minimum atomic E-state index is -0.541. The molecule has 1 saturated heterocycles. The Morgan fingerprint density at radius 2 is 2.17 bits per heavy atom. The van der Waals surface area contributed by atoms with Crippen LogP contribution >= 0.6 is 0 Å². The molecule has 0 bridgehead atoms. The third kappa shape index (κ3) is 4.46. The highest BCUT2D eigenvalue weighted by Crippen LogP contribution is 2.04. The van der Waals surface area contributed by atoms with Gasteiger partial charge in [0.05, 0.1) is 25.7 Å². The molecule has 0 aromatic rings. The Balaban J connectivity index is 2.45. The number of hydrogen-bond acceptors (Lipinski definition) is 5. The van der Waals surface area contributed by atoms with E-state index in [-0.39, 0.29) is 18.9 Å². The second-order valence-corrected chi connectivity index (χ2v) is 3.95. The van der Waals surface area contributed by atoms with Crippen LogP contribution < -0.4 is 5.32 Å². The lowest BCUT2D eigenvalue weighted by molar-refractivity contribution is -0.147. The predicted octanol–water partition coefficient (Wildman–Crippen LogP) is -0.447. The highest BCUT2D eigenvalue weighted by Gasteiger charge is 2.26. The summed E-state index contributed by atoms with van der Waals surface area (Å²) in [5, 5.41) is 2.85. The molecule has 18 heavy (non-hydrogen) atoms. The van der Waals surface area contributed by atoms with Gasteiger partial charge in [0.2, 0.25) is 5.91 Å². The van der Waals surface area contributed by atoms with E-state index < -0.39 is 12.0 Å². The molecule has 1 aliphatic heterocycles. The van der Waals surface area contributed by atoms with Gasteiger partial charge in [-0.1, -0.05) is 12.7 Å². The number of nitrogens with one attached hydrogen (secondary N) is 1. The van der Waals surface area contributed by atoms with Gasteiger partial charge in [0.25, 0.3) is 0 Å². The van der Waals surface area contributed by atoms with E-state index in [1.54, 1.807) is 11.9 Å². The first-order valence-corrected chi connectivity index (χ1v) is 5.99. The standard InChI is InChI=1S/C12H20N2O4/c1-3-6-18-11(15)9-10(13-2)12(16)14-4-7-17-8-5-14/h3,10,13H,1,4-9H2,2H3. The molecule has 1 fully saturated rings. The molecule has 0 spiro atoms. The third-order valence-electron chi connectivity index (χ3n) is 2.70. The van der Waals surface area contributed by atoms with E-state index >= 15 is 0 Å². The number of amides is 1. The van der Waals surface area contributed by atoms with E-state index in [9.17, 15) is 9.59 Å². The average molecular weight is 256 g/mol. The second kappa shape index (κ2) is 7.84. The van der Waals surface area contributed by atoms with Gasteiger partial charge in [0, 0.05) is 13.1 Å². The summed E-state index contributed by atoms with van der Waals surface area (Å²) in [5.41, 5.74) is 0. The van der Waals surface area contributed by atoms with Crippen LogP contribution in [0.4, 0.5) is 0 Å². The molecule has 1 rings (SSSR count). The number of ether oxygens (including phenoxy) is 2. The number of carbonyl (C=O) groups is 2. The maximum atomic E-state index is 12.1. The Morgan fingerprint density at radius 3 is 2.72 bits per heavy atom. The molecule has 1 amide bonds. The van der Waals surface area contributed by atoms with Crippen LogP contribution in [-0.2, 0) is 19.1 Å². The average Bonchev–Trinajstić information content (AvgIpc) is 2.42. The summed E-state index contributed by atoms with van der Waals surface area (Å²) in [6, 6.07) is -0.541. The van der Waals surface area contributed by atoms with Gasteiger partial charge in [-0.15, -0.1) is 0 Å². The Kier molecular flexibility index (Phi) is 6.38. The Morgan fingerprint density at radius 1 is 1.50 bits per heavy atom. The first-order chi connectivity index (χ1) is 8.69. The highest BCUT2D eigenvalue weighted by molar-refractivity contribution is 5.86. The number of nitrogens with zero attached hydrogens (tertiary/aromatic N) is 1. The highest BCUT2D eigenvalue weighted by atomic mass is 16.5. The van der Waals surface area contributed by atoms with E-state index in [0.717, 1.165) is 0 Å². The third-order valence-corrected chi connectivity index (χ3v) is 2.70. The number of likely N-dealkylation sites (N-methyl/N-ethyl adjacent to an activating group) is 1. The summed E-state index contributed by atoms with van der Waals surface area (Å²) in [4.78, 5) is 25.3. The first-order valence-electron chi connectivity index (χ1n) is 5.99. The van der Waals surface area contributed by atoms with Crippen LogP contribution in [0.2, 0.25) is 0 Å². The number of hydrogen-bond donors (Lipinski definition) is 1. The maximum Gasteiger partial charge on any atom is 0.308 e. The lowest BCUT2D eigenvalue weighted by Crippen LogP contribution is -2.50. The fraction of sp³-hybridized carbons (Fsp3) is 0.667. The molecule has 1 N–H and O–H groups in total. The van der Waals surface area contributed by atoms with Crippen LogP contribution in [0.3, 0.4) is 0 Å². The van der Waals surface area contributed by atoms with Crippen molar-refractivity contribution in [1.29, 1.82) is 0 Å². The zero-order valence-corrected chi connectivity index (χ0v) is 10.7.